The van der Waals surface area contributed by atoms with Gasteiger partial charge >= 0.3 is 12.2 Å². The van der Waals surface area contributed by atoms with Crippen molar-refractivity contribution in [1.82, 2.24) is 20.3 Å². The minimum absolute atomic E-state index is 0.102. The third-order valence-electron chi connectivity index (χ3n) is 9.64. The molecule has 1 unspecified atom stereocenters. The lowest BCUT2D eigenvalue weighted by molar-refractivity contribution is -0.143. The molecule has 5 atom stereocenters. The van der Waals surface area contributed by atoms with Crippen molar-refractivity contribution >= 4 is 51.3 Å². The van der Waals surface area contributed by atoms with Gasteiger partial charge in [-0.15, -0.1) is 6.58 Å². The van der Waals surface area contributed by atoms with Crippen LogP contribution in [-0.2, 0) is 38.6 Å². The molecule has 292 valence electrons. The van der Waals surface area contributed by atoms with E-state index in [1.807, 2.05) is 12.1 Å². The minimum atomic E-state index is -3.93. The van der Waals surface area contributed by atoms with Gasteiger partial charge in [0.05, 0.1) is 36.4 Å². The number of sulfonamides is 1. The number of carbonyl (C=O) groups excluding carboxylic acids is 5. The number of nitrogens with one attached hydrogen (secondary N) is 4. The van der Waals surface area contributed by atoms with Crippen LogP contribution in [0, 0.1) is 11.3 Å². The first-order valence-corrected chi connectivity index (χ1v) is 19.5. The average Bonchev–Trinajstić information content (AvgIpc) is 3.99. The molecule has 2 aliphatic heterocycles. The molecule has 5 rings (SSSR count). The van der Waals surface area contributed by atoms with E-state index in [1.54, 1.807) is 53.7 Å². The summed E-state index contributed by atoms with van der Waals surface area (Å²) in [5, 5.41) is 7.49. The normalized spacial score (nSPS) is 25.1. The van der Waals surface area contributed by atoms with E-state index in [0.717, 1.165) is 5.69 Å². The molecule has 0 radical (unpaired) electrons. The van der Waals surface area contributed by atoms with Crippen molar-refractivity contribution in [3.8, 4) is 0 Å². The second kappa shape index (κ2) is 15.2. The van der Waals surface area contributed by atoms with Crippen LogP contribution in [0.15, 0.2) is 36.9 Å². The molecule has 4 aliphatic rings. The van der Waals surface area contributed by atoms with E-state index in [4.69, 9.17) is 14.2 Å². The van der Waals surface area contributed by atoms with Gasteiger partial charge in [-0.2, -0.15) is 0 Å². The van der Waals surface area contributed by atoms with Crippen molar-refractivity contribution < 1.29 is 46.6 Å². The van der Waals surface area contributed by atoms with Crippen LogP contribution in [0.1, 0.15) is 67.2 Å². The highest BCUT2D eigenvalue weighted by Gasteiger charge is 2.62. The van der Waals surface area contributed by atoms with Gasteiger partial charge in [0, 0.05) is 25.4 Å². The Bertz CT molecular complexity index is 1710. The molecule has 5 amide bonds. The lowest BCUT2D eigenvalue weighted by Crippen LogP contribution is -2.60. The van der Waals surface area contributed by atoms with Crippen LogP contribution in [0.4, 0.5) is 21.0 Å². The van der Waals surface area contributed by atoms with Gasteiger partial charge in [-0.05, 0) is 57.6 Å². The van der Waals surface area contributed by atoms with Gasteiger partial charge in [0.2, 0.25) is 21.8 Å². The Labute approximate surface area is 310 Å². The van der Waals surface area contributed by atoms with Crippen LogP contribution in [-0.4, -0.2) is 111 Å². The maximum atomic E-state index is 14.4. The fourth-order valence-electron chi connectivity index (χ4n) is 6.58. The Morgan fingerprint density at radius 1 is 1.02 bits per heavy atom. The fraction of sp³-hybridized carbons (Fsp3) is 0.639. The molecular weight excluding hydrogens is 708 g/mol. The number of carbonyl (C=O) groups is 5. The molecule has 0 bridgehead atoms. The number of morpholine rings is 1. The van der Waals surface area contributed by atoms with Crippen molar-refractivity contribution in [2.75, 3.05) is 43.1 Å². The summed E-state index contributed by atoms with van der Waals surface area (Å²) in [6.07, 6.45) is -0.317. The molecule has 53 heavy (non-hydrogen) atoms. The number of nitrogens with zero attached hydrogens (tertiary/aromatic N) is 2. The zero-order valence-corrected chi connectivity index (χ0v) is 32.0. The van der Waals surface area contributed by atoms with Gasteiger partial charge in [-0.25, -0.2) is 18.0 Å². The number of alkyl carbamates (subject to hydrolysis) is 1. The lowest BCUT2D eigenvalue weighted by Gasteiger charge is -2.36. The van der Waals surface area contributed by atoms with Crippen molar-refractivity contribution in [3.63, 3.8) is 0 Å². The topological polar surface area (TPSA) is 202 Å². The fourth-order valence-corrected chi connectivity index (χ4v) is 7.95. The first kappa shape index (κ1) is 39.8. The van der Waals surface area contributed by atoms with Crippen LogP contribution in [0.2, 0.25) is 0 Å². The lowest BCUT2D eigenvalue weighted by atomic mass is 9.85. The van der Waals surface area contributed by atoms with Gasteiger partial charge < -0.3 is 34.6 Å². The second-order valence-corrected chi connectivity index (χ2v) is 18.1. The van der Waals surface area contributed by atoms with Crippen molar-refractivity contribution in [2.45, 2.75) is 102 Å². The molecule has 2 saturated carbocycles. The third kappa shape index (κ3) is 9.60. The number of rotatable bonds is 11. The Morgan fingerprint density at radius 3 is 2.26 bits per heavy atom. The highest BCUT2D eigenvalue weighted by atomic mass is 32.2. The summed E-state index contributed by atoms with van der Waals surface area (Å²) in [6.45, 7) is 16.2. The predicted octanol–water partition coefficient (Wildman–Crippen LogP) is 2.65. The largest absolute Gasteiger partial charge is 0.444 e. The zero-order chi connectivity index (χ0) is 38.9. The smallest absolute Gasteiger partial charge is 0.412 e. The predicted molar refractivity (Wildman–Crippen MR) is 195 cm³/mol. The Hall–Kier alpha value is -4.38. The monoisotopic (exact) mass is 760 g/mol. The van der Waals surface area contributed by atoms with Crippen LogP contribution in [0.25, 0.3) is 0 Å². The first-order valence-electron chi connectivity index (χ1n) is 17.9. The van der Waals surface area contributed by atoms with Gasteiger partial charge in [0.1, 0.15) is 29.3 Å². The highest BCUT2D eigenvalue weighted by molar-refractivity contribution is 7.91. The van der Waals surface area contributed by atoms with Crippen LogP contribution >= 0.6 is 0 Å². The van der Waals surface area contributed by atoms with Crippen LogP contribution in [0.5, 0.6) is 0 Å². The number of hydrogen-bond acceptors (Lipinski definition) is 11. The van der Waals surface area contributed by atoms with E-state index in [9.17, 15) is 32.4 Å². The molecule has 1 aromatic carbocycles. The maximum absolute atomic E-state index is 14.4. The molecule has 17 heteroatoms. The SMILES string of the molecule is C=CC1C[C@]1(NC(=O)[C@@H]1C[C@@H](OC(=O)Nc2ccccc2N2CCOCC2)CN1C(=O)[C@@H](NC(=O)OC(C)(C)C)C(C)(C)C)C(=O)NS(=O)(=O)C1CC1. The summed E-state index contributed by atoms with van der Waals surface area (Å²) in [5.74, 6) is -2.84. The van der Waals surface area contributed by atoms with E-state index in [1.165, 1.54) is 11.0 Å². The molecule has 16 nitrogen and oxygen atoms in total. The number of anilines is 2. The summed E-state index contributed by atoms with van der Waals surface area (Å²) in [7, 11) is -3.93. The molecular formula is C36H52N6O10S. The average molecular weight is 761 g/mol. The van der Waals surface area contributed by atoms with Crippen molar-refractivity contribution in [3.05, 3.63) is 36.9 Å². The zero-order valence-electron chi connectivity index (χ0n) is 31.2. The van der Waals surface area contributed by atoms with E-state index in [-0.39, 0.29) is 19.4 Å². The van der Waals surface area contributed by atoms with E-state index < -0.39 is 85.8 Å². The summed E-state index contributed by atoms with van der Waals surface area (Å²) in [5.41, 5.74) is -2.04. The number of benzene rings is 1. The number of ether oxygens (including phenoxy) is 3. The standard InChI is InChI=1S/C36H52N6O10S/c1-8-22-20-36(22,31(45)40-53(48,49)24-13-14-24)39-29(43)27-19-23(21-42(27)30(44)28(34(2,3)4)38-33(47)52-35(5,6)7)51-32(46)37-25-11-9-10-12-26(25)41-15-17-50-18-16-41/h8-12,22-24,27-28H,1,13-21H2,2-7H3,(H,37,46)(H,38,47)(H,39,43)(H,40,45)/t22?,23-,27+,28-,36-/m1/s1. The van der Waals surface area contributed by atoms with Gasteiger partial charge in [-0.1, -0.05) is 39.0 Å². The summed E-state index contributed by atoms with van der Waals surface area (Å²) < 4.78 is 44.1. The molecule has 0 aromatic heterocycles. The number of hydrogen-bond donors (Lipinski definition) is 4. The van der Waals surface area contributed by atoms with E-state index >= 15 is 0 Å². The first-order chi connectivity index (χ1) is 24.7. The number of para-hydroxylation sites is 2. The van der Waals surface area contributed by atoms with Crippen molar-refractivity contribution in [2.24, 2.45) is 11.3 Å². The molecule has 2 heterocycles. The summed E-state index contributed by atoms with van der Waals surface area (Å²) >= 11 is 0. The van der Waals surface area contributed by atoms with E-state index in [2.05, 4.69) is 32.2 Å². The Kier molecular flexibility index (Phi) is 11.4. The number of likely N-dealkylation sites (tertiary alicyclic amines) is 1. The van der Waals surface area contributed by atoms with Crippen molar-refractivity contribution in [1.29, 1.82) is 0 Å². The molecule has 1 aromatic rings. The molecule has 0 spiro atoms. The van der Waals surface area contributed by atoms with Crippen LogP contribution < -0.4 is 25.6 Å². The molecule has 2 saturated heterocycles. The summed E-state index contributed by atoms with van der Waals surface area (Å²) in [6, 6.07) is 4.80. The van der Waals surface area contributed by atoms with E-state index in [0.29, 0.717) is 44.8 Å². The third-order valence-corrected chi connectivity index (χ3v) is 11.5. The highest BCUT2D eigenvalue weighted by Crippen LogP contribution is 2.45. The molecule has 2 aliphatic carbocycles. The van der Waals surface area contributed by atoms with Gasteiger partial charge in [0.15, 0.2) is 0 Å². The Balaban J connectivity index is 1.38. The second-order valence-electron chi connectivity index (χ2n) is 16.1. The molecule has 4 N–H and O–H groups in total. The minimum Gasteiger partial charge on any atom is -0.444 e. The molecule has 4 fully saturated rings. The van der Waals surface area contributed by atoms with Gasteiger partial charge in [0.25, 0.3) is 5.91 Å². The number of amides is 5. The Morgan fingerprint density at radius 2 is 1.68 bits per heavy atom. The quantitative estimate of drug-likeness (QED) is 0.242. The van der Waals surface area contributed by atoms with Gasteiger partial charge in [-0.3, -0.25) is 24.4 Å². The summed E-state index contributed by atoms with van der Waals surface area (Å²) in [4.78, 5) is 71.5. The van der Waals surface area contributed by atoms with Crippen LogP contribution in [0.3, 0.4) is 0 Å². The maximum Gasteiger partial charge on any atom is 0.412 e.